The Morgan fingerprint density at radius 1 is 1.23 bits per heavy atom. The quantitative estimate of drug-likeness (QED) is 0.417. The minimum atomic E-state index is -3.75. The van der Waals surface area contributed by atoms with Crippen LogP contribution in [0.25, 0.3) is 6.08 Å². The molecular formula is C14H19N3O4S. The molecule has 0 saturated heterocycles. The van der Waals surface area contributed by atoms with Crippen molar-refractivity contribution in [3.05, 3.63) is 41.0 Å². The monoisotopic (exact) mass is 325 g/mol. The van der Waals surface area contributed by atoms with Crippen molar-refractivity contribution >= 4 is 28.1 Å². The molecule has 0 aliphatic heterocycles. The maximum absolute atomic E-state index is 11.7. The molecule has 0 unspecified atom stereocenters. The summed E-state index contributed by atoms with van der Waals surface area (Å²) in [5, 5.41) is 6.06. The third-order valence-electron chi connectivity index (χ3n) is 2.77. The second-order valence-corrected chi connectivity index (χ2v) is 6.33. The van der Waals surface area contributed by atoms with Gasteiger partial charge in [0.05, 0.1) is 6.26 Å². The minimum absolute atomic E-state index is 0.333. The first-order valence-corrected chi connectivity index (χ1v) is 8.32. The van der Waals surface area contributed by atoms with Gasteiger partial charge in [-0.1, -0.05) is 24.3 Å². The van der Waals surface area contributed by atoms with E-state index in [2.05, 4.69) is 15.7 Å². The van der Waals surface area contributed by atoms with Crippen LogP contribution in [-0.2, 0) is 25.5 Å². The van der Waals surface area contributed by atoms with Crippen LogP contribution in [0.1, 0.15) is 24.0 Å². The standard InChI is InChI=1S/C13H14O4S.CH5N3/c1-18(15,16)17-13(14)12-8-4-7-10-5-2-3-6-11(10)9-12;2-1(3)4/h2-3,5-6,9H,4,7-8H2,1H3;(H5,2,3,4). The molecule has 1 aliphatic rings. The summed E-state index contributed by atoms with van der Waals surface area (Å²) in [5.41, 5.74) is 11.5. The van der Waals surface area contributed by atoms with E-state index >= 15 is 0 Å². The number of hydrogen-bond donors (Lipinski definition) is 3. The van der Waals surface area contributed by atoms with Crippen LogP contribution in [0.15, 0.2) is 29.8 Å². The van der Waals surface area contributed by atoms with Crippen LogP contribution in [0.2, 0.25) is 0 Å². The van der Waals surface area contributed by atoms with Crippen molar-refractivity contribution in [3.8, 4) is 0 Å². The van der Waals surface area contributed by atoms with Crippen molar-refractivity contribution in [3.63, 3.8) is 0 Å². The molecule has 0 radical (unpaired) electrons. The van der Waals surface area contributed by atoms with Crippen molar-refractivity contribution in [2.45, 2.75) is 19.3 Å². The third-order valence-corrected chi connectivity index (χ3v) is 3.22. The van der Waals surface area contributed by atoms with Gasteiger partial charge >= 0.3 is 16.1 Å². The zero-order valence-corrected chi connectivity index (χ0v) is 13.0. The fourth-order valence-electron chi connectivity index (χ4n) is 1.98. The Morgan fingerprint density at radius 2 is 1.82 bits per heavy atom. The van der Waals surface area contributed by atoms with Crippen LogP contribution >= 0.6 is 0 Å². The van der Waals surface area contributed by atoms with E-state index in [9.17, 15) is 13.2 Å². The molecule has 0 bridgehead atoms. The highest BCUT2D eigenvalue weighted by Gasteiger charge is 2.19. The molecule has 0 saturated carbocycles. The van der Waals surface area contributed by atoms with Gasteiger partial charge in [-0.05, 0) is 36.5 Å². The van der Waals surface area contributed by atoms with Crippen LogP contribution in [0.3, 0.4) is 0 Å². The van der Waals surface area contributed by atoms with Gasteiger partial charge < -0.3 is 15.7 Å². The summed E-state index contributed by atoms with van der Waals surface area (Å²) in [6.07, 6.45) is 4.80. The third kappa shape index (κ3) is 6.40. The Morgan fingerprint density at radius 3 is 2.41 bits per heavy atom. The summed E-state index contributed by atoms with van der Waals surface area (Å²) in [7, 11) is -3.75. The Bertz CT molecular complexity index is 692. The van der Waals surface area contributed by atoms with Gasteiger partial charge in [0.1, 0.15) is 0 Å². The Kier molecular flexibility index (Phi) is 6.11. The minimum Gasteiger partial charge on any atom is -0.370 e. The lowest BCUT2D eigenvalue weighted by molar-refractivity contribution is -0.129. The van der Waals surface area contributed by atoms with Crippen LogP contribution < -0.4 is 11.5 Å². The summed E-state index contributed by atoms with van der Waals surface area (Å²) >= 11 is 0. The van der Waals surface area contributed by atoms with E-state index in [1.54, 1.807) is 6.08 Å². The van der Waals surface area contributed by atoms with Crippen LogP contribution in [0, 0.1) is 5.41 Å². The first-order chi connectivity index (χ1) is 10.2. The molecule has 8 heteroatoms. The first kappa shape index (κ1) is 17.7. The number of hydrogen-bond acceptors (Lipinski definition) is 5. The average Bonchev–Trinajstić information content (AvgIpc) is 2.58. The first-order valence-electron chi connectivity index (χ1n) is 6.51. The summed E-state index contributed by atoms with van der Waals surface area (Å²) in [4.78, 5) is 11.7. The highest BCUT2D eigenvalue weighted by atomic mass is 32.2. The number of aryl methyl sites for hydroxylation is 1. The molecule has 120 valence electrons. The smallest absolute Gasteiger partial charge is 0.349 e. The van der Waals surface area contributed by atoms with Crippen LogP contribution in [-0.4, -0.2) is 26.6 Å². The molecular weight excluding hydrogens is 306 g/mol. The SMILES string of the molecule is CS(=O)(=O)OC(=O)C1=Cc2ccccc2CCC1.N=C(N)N. The average molecular weight is 325 g/mol. The Balaban J connectivity index is 0.000000541. The normalized spacial score (nSPS) is 13.6. The molecule has 0 atom stereocenters. The number of carbonyl (C=O) groups is 1. The highest BCUT2D eigenvalue weighted by molar-refractivity contribution is 7.86. The summed E-state index contributed by atoms with van der Waals surface area (Å²) < 4.78 is 26.3. The molecule has 0 spiro atoms. The van der Waals surface area contributed by atoms with E-state index < -0.39 is 16.1 Å². The largest absolute Gasteiger partial charge is 0.370 e. The molecule has 5 N–H and O–H groups in total. The van der Waals surface area contributed by atoms with Gasteiger partial charge in [0, 0.05) is 5.57 Å². The van der Waals surface area contributed by atoms with Crippen molar-refractivity contribution in [1.82, 2.24) is 0 Å². The molecule has 1 aromatic carbocycles. The number of guanidine groups is 1. The number of benzene rings is 1. The molecule has 1 aliphatic carbocycles. The Labute approximate surface area is 129 Å². The van der Waals surface area contributed by atoms with Crippen molar-refractivity contribution in [1.29, 1.82) is 5.41 Å². The lowest BCUT2D eigenvalue weighted by atomic mass is 10.1. The van der Waals surface area contributed by atoms with Gasteiger partial charge in [-0.25, -0.2) is 4.79 Å². The molecule has 1 aromatic rings. The molecule has 0 aromatic heterocycles. The van der Waals surface area contributed by atoms with Crippen molar-refractivity contribution in [2.75, 3.05) is 6.26 Å². The number of carbonyl (C=O) groups excluding carboxylic acids is 1. The predicted octanol–water partition coefficient (Wildman–Crippen LogP) is 0.748. The van der Waals surface area contributed by atoms with Gasteiger partial charge in [0.2, 0.25) is 0 Å². The molecule has 22 heavy (non-hydrogen) atoms. The van der Waals surface area contributed by atoms with E-state index in [1.807, 2.05) is 24.3 Å². The van der Waals surface area contributed by atoms with Gasteiger partial charge in [-0.15, -0.1) is 0 Å². The highest BCUT2D eigenvalue weighted by Crippen LogP contribution is 2.23. The van der Waals surface area contributed by atoms with Crippen LogP contribution in [0.4, 0.5) is 0 Å². The summed E-state index contributed by atoms with van der Waals surface area (Å²) in [5.74, 6) is -1.10. The van der Waals surface area contributed by atoms with E-state index in [0.717, 1.165) is 24.7 Å². The van der Waals surface area contributed by atoms with E-state index in [0.29, 0.717) is 12.0 Å². The van der Waals surface area contributed by atoms with Crippen molar-refractivity contribution in [2.24, 2.45) is 11.5 Å². The number of fused-ring (bicyclic) bond motifs is 1. The molecule has 0 amide bonds. The van der Waals surface area contributed by atoms with Gasteiger partial charge in [0.25, 0.3) is 0 Å². The van der Waals surface area contributed by atoms with E-state index in [-0.39, 0.29) is 5.96 Å². The zero-order valence-electron chi connectivity index (χ0n) is 12.2. The lowest BCUT2D eigenvalue weighted by Crippen LogP contribution is -2.20. The maximum Gasteiger partial charge on any atom is 0.349 e. The van der Waals surface area contributed by atoms with E-state index in [4.69, 9.17) is 5.41 Å². The number of nitrogens with two attached hydrogens (primary N) is 2. The van der Waals surface area contributed by atoms with Gasteiger partial charge in [-0.2, -0.15) is 8.42 Å². The van der Waals surface area contributed by atoms with Gasteiger partial charge in [0.15, 0.2) is 5.96 Å². The zero-order chi connectivity index (χ0) is 16.8. The maximum atomic E-state index is 11.7. The molecule has 2 rings (SSSR count). The second kappa shape index (κ2) is 7.60. The van der Waals surface area contributed by atoms with Gasteiger partial charge in [-0.3, -0.25) is 5.41 Å². The molecule has 0 heterocycles. The molecule has 7 nitrogen and oxygen atoms in total. The fraction of sp³-hybridized carbons (Fsp3) is 0.286. The second-order valence-electron chi connectivity index (χ2n) is 4.75. The Hall–Kier alpha value is -2.35. The topological polar surface area (TPSA) is 136 Å². The van der Waals surface area contributed by atoms with E-state index in [1.165, 1.54) is 5.56 Å². The number of rotatable bonds is 2. The predicted molar refractivity (Wildman–Crippen MR) is 84.4 cm³/mol. The fourth-order valence-corrected chi connectivity index (χ4v) is 2.37. The van der Waals surface area contributed by atoms with Crippen molar-refractivity contribution < 1.29 is 17.4 Å². The summed E-state index contributed by atoms with van der Waals surface area (Å²) in [6.45, 7) is 0. The lowest BCUT2D eigenvalue weighted by Gasteiger charge is -2.03. The van der Waals surface area contributed by atoms with Crippen LogP contribution in [0.5, 0.6) is 0 Å². The summed E-state index contributed by atoms with van der Waals surface area (Å²) in [6, 6.07) is 7.76. The number of nitrogens with one attached hydrogen (secondary N) is 1. The molecule has 0 fully saturated rings.